The van der Waals surface area contributed by atoms with E-state index in [1.54, 1.807) is 0 Å². The Morgan fingerprint density at radius 2 is 1.74 bits per heavy atom. The van der Waals surface area contributed by atoms with Gasteiger partial charge in [-0.3, -0.25) is 9.69 Å². The van der Waals surface area contributed by atoms with Crippen molar-refractivity contribution in [2.24, 2.45) is 0 Å². The number of rotatable bonds is 3. The largest absolute Gasteiger partial charge is 0.365 e. The third-order valence-electron chi connectivity index (χ3n) is 7.02. The number of nitrogens with one attached hydrogen (secondary N) is 1. The number of benzene rings is 1. The smallest absolute Gasteiger partial charge is 0.325 e. The van der Waals surface area contributed by atoms with Gasteiger partial charge in [0, 0.05) is 26.2 Å². The number of hydrogen-bond acceptors (Lipinski definition) is 4. The Bertz CT molecular complexity index is 764. The van der Waals surface area contributed by atoms with E-state index in [9.17, 15) is 9.59 Å². The van der Waals surface area contributed by atoms with Crippen molar-refractivity contribution in [3.8, 4) is 0 Å². The maximum atomic E-state index is 12.8. The molecule has 0 unspecified atom stereocenters. The zero-order chi connectivity index (χ0) is 18.5. The van der Waals surface area contributed by atoms with Gasteiger partial charge >= 0.3 is 6.03 Å². The summed E-state index contributed by atoms with van der Waals surface area (Å²) in [4.78, 5) is 28.9. The van der Waals surface area contributed by atoms with Gasteiger partial charge < -0.3 is 15.0 Å². The van der Waals surface area contributed by atoms with Gasteiger partial charge in [0.25, 0.3) is 5.91 Å². The first-order chi connectivity index (χ1) is 13.1. The van der Waals surface area contributed by atoms with E-state index in [1.807, 2.05) is 0 Å². The minimum atomic E-state index is -0.593. The van der Waals surface area contributed by atoms with Crippen LogP contribution in [-0.2, 0) is 21.7 Å². The molecule has 1 N–H and O–H groups in total. The number of carbonyl (C=O) groups is 2. The highest BCUT2D eigenvalue weighted by Crippen LogP contribution is 2.44. The lowest BCUT2D eigenvalue weighted by atomic mass is 9.84. The Morgan fingerprint density at radius 3 is 2.52 bits per heavy atom. The van der Waals surface area contributed by atoms with Crippen LogP contribution in [0, 0.1) is 0 Å². The van der Waals surface area contributed by atoms with Crippen molar-refractivity contribution < 1.29 is 14.3 Å². The van der Waals surface area contributed by atoms with Crippen LogP contribution in [0.5, 0.6) is 0 Å². The first-order valence-electron chi connectivity index (χ1n) is 10.2. The number of ether oxygens (including phenoxy) is 1. The summed E-state index contributed by atoms with van der Waals surface area (Å²) in [6.07, 6.45) is 5.56. The third-order valence-corrected chi connectivity index (χ3v) is 7.02. The molecule has 0 atom stereocenters. The SMILES string of the molecule is O=C1NC2(CCCC2)C(=O)N1CCN1CCC2(CC1)OCc1ccccc12. The summed E-state index contributed by atoms with van der Waals surface area (Å²) in [6.45, 7) is 3.80. The number of imide groups is 1. The topological polar surface area (TPSA) is 61.9 Å². The predicted molar refractivity (Wildman–Crippen MR) is 100 cm³/mol. The van der Waals surface area contributed by atoms with Crippen LogP contribution in [0.25, 0.3) is 0 Å². The molecule has 6 heteroatoms. The third kappa shape index (κ3) is 2.69. The summed E-state index contributed by atoms with van der Waals surface area (Å²) in [7, 11) is 0. The second kappa shape index (κ2) is 6.31. The predicted octanol–water partition coefficient (Wildman–Crippen LogP) is 2.37. The van der Waals surface area contributed by atoms with Gasteiger partial charge in [-0.05, 0) is 36.8 Å². The molecule has 3 heterocycles. The summed E-state index contributed by atoms with van der Waals surface area (Å²) in [5.41, 5.74) is 1.93. The van der Waals surface area contributed by atoms with Crippen molar-refractivity contribution in [1.29, 1.82) is 0 Å². The summed E-state index contributed by atoms with van der Waals surface area (Å²) in [5.74, 6) is -0.00784. The highest BCUT2D eigenvalue weighted by atomic mass is 16.5. The van der Waals surface area contributed by atoms with E-state index in [4.69, 9.17) is 4.74 Å². The maximum absolute atomic E-state index is 12.8. The molecule has 5 rings (SSSR count). The monoisotopic (exact) mass is 369 g/mol. The molecule has 1 aromatic rings. The minimum absolute atomic E-state index is 0.00784. The number of amides is 3. The maximum Gasteiger partial charge on any atom is 0.325 e. The summed E-state index contributed by atoms with van der Waals surface area (Å²) < 4.78 is 6.22. The van der Waals surface area contributed by atoms with Crippen molar-refractivity contribution in [3.63, 3.8) is 0 Å². The molecule has 3 amide bonds. The fourth-order valence-electron chi connectivity index (χ4n) is 5.37. The molecule has 0 bridgehead atoms. The van der Waals surface area contributed by atoms with Gasteiger partial charge in [-0.15, -0.1) is 0 Å². The Hall–Kier alpha value is -1.92. The van der Waals surface area contributed by atoms with Crippen molar-refractivity contribution in [1.82, 2.24) is 15.1 Å². The average molecular weight is 369 g/mol. The number of nitrogens with zero attached hydrogens (tertiary/aromatic N) is 2. The van der Waals surface area contributed by atoms with E-state index in [1.165, 1.54) is 16.0 Å². The molecule has 1 saturated carbocycles. The lowest BCUT2D eigenvalue weighted by molar-refractivity contribution is -0.131. The lowest BCUT2D eigenvalue weighted by Crippen LogP contribution is -2.47. The number of urea groups is 1. The number of likely N-dealkylation sites (tertiary alicyclic amines) is 1. The van der Waals surface area contributed by atoms with Crippen LogP contribution >= 0.6 is 0 Å². The van der Waals surface area contributed by atoms with Crippen LogP contribution in [-0.4, -0.2) is 53.5 Å². The van der Waals surface area contributed by atoms with Crippen molar-refractivity contribution in [3.05, 3.63) is 35.4 Å². The average Bonchev–Trinajstić information content (AvgIpc) is 3.36. The highest BCUT2D eigenvalue weighted by Gasteiger charge is 2.52. The fraction of sp³-hybridized carbons (Fsp3) is 0.619. The molecular formula is C21H27N3O3. The molecule has 4 aliphatic rings. The molecule has 3 aliphatic heterocycles. The van der Waals surface area contributed by atoms with Crippen LogP contribution in [0.3, 0.4) is 0 Å². The Morgan fingerprint density at radius 1 is 1.00 bits per heavy atom. The van der Waals surface area contributed by atoms with E-state index in [-0.39, 0.29) is 17.5 Å². The van der Waals surface area contributed by atoms with E-state index in [0.717, 1.165) is 58.2 Å². The van der Waals surface area contributed by atoms with Gasteiger partial charge in [0.15, 0.2) is 0 Å². The minimum Gasteiger partial charge on any atom is -0.365 e. The number of carbonyl (C=O) groups excluding carboxylic acids is 2. The van der Waals surface area contributed by atoms with Gasteiger partial charge in [-0.1, -0.05) is 37.1 Å². The Kier molecular flexibility index (Phi) is 4.02. The van der Waals surface area contributed by atoms with Crippen molar-refractivity contribution in [2.45, 2.75) is 56.3 Å². The van der Waals surface area contributed by atoms with Crippen molar-refractivity contribution in [2.75, 3.05) is 26.2 Å². The second-order valence-corrected chi connectivity index (χ2v) is 8.46. The number of piperidine rings is 1. The van der Waals surface area contributed by atoms with Gasteiger partial charge in [-0.25, -0.2) is 4.79 Å². The second-order valence-electron chi connectivity index (χ2n) is 8.46. The standard InChI is InChI=1S/C21H27N3O3/c25-18-20(7-3-4-8-20)22-19(26)24(18)14-13-23-11-9-21(10-12-23)17-6-2-1-5-16(17)15-27-21/h1-2,5-6H,3-4,7-15H2,(H,22,26). The molecule has 1 aliphatic carbocycles. The molecule has 27 heavy (non-hydrogen) atoms. The van der Waals surface area contributed by atoms with E-state index < -0.39 is 5.54 Å². The zero-order valence-electron chi connectivity index (χ0n) is 15.7. The summed E-state index contributed by atoms with van der Waals surface area (Å²) in [5, 5.41) is 2.97. The van der Waals surface area contributed by atoms with Crippen LogP contribution in [0.2, 0.25) is 0 Å². The van der Waals surface area contributed by atoms with Crippen LogP contribution in [0.4, 0.5) is 4.79 Å². The Balaban J connectivity index is 1.19. The van der Waals surface area contributed by atoms with E-state index in [2.05, 4.69) is 34.5 Å². The number of hydrogen-bond donors (Lipinski definition) is 1. The fourth-order valence-corrected chi connectivity index (χ4v) is 5.37. The van der Waals surface area contributed by atoms with E-state index >= 15 is 0 Å². The summed E-state index contributed by atoms with van der Waals surface area (Å²) in [6, 6.07) is 8.33. The highest BCUT2D eigenvalue weighted by molar-refractivity contribution is 6.07. The van der Waals surface area contributed by atoms with Gasteiger partial charge in [0.1, 0.15) is 5.54 Å². The molecular weight excluding hydrogens is 342 g/mol. The lowest BCUT2D eigenvalue weighted by Gasteiger charge is -2.39. The molecule has 1 aromatic carbocycles. The van der Waals surface area contributed by atoms with Crippen LogP contribution < -0.4 is 5.32 Å². The van der Waals surface area contributed by atoms with Crippen molar-refractivity contribution >= 4 is 11.9 Å². The molecule has 0 aromatic heterocycles. The zero-order valence-corrected chi connectivity index (χ0v) is 15.7. The molecule has 2 spiro atoms. The normalized spacial score (nSPS) is 26.1. The van der Waals surface area contributed by atoms with Crippen LogP contribution in [0.1, 0.15) is 49.7 Å². The van der Waals surface area contributed by atoms with Gasteiger partial charge in [0.2, 0.25) is 0 Å². The first-order valence-corrected chi connectivity index (χ1v) is 10.2. The quantitative estimate of drug-likeness (QED) is 0.831. The van der Waals surface area contributed by atoms with Gasteiger partial charge in [-0.2, -0.15) is 0 Å². The van der Waals surface area contributed by atoms with Crippen LogP contribution in [0.15, 0.2) is 24.3 Å². The van der Waals surface area contributed by atoms with Gasteiger partial charge in [0.05, 0.1) is 12.2 Å². The Labute approximate surface area is 159 Å². The molecule has 2 saturated heterocycles. The first kappa shape index (κ1) is 17.2. The molecule has 144 valence electrons. The molecule has 0 radical (unpaired) electrons. The molecule has 3 fully saturated rings. The number of fused-ring (bicyclic) bond motifs is 2. The summed E-state index contributed by atoms with van der Waals surface area (Å²) >= 11 is 0. The van der Waals surface area contributed by atoms with E-state index in [0.29, 0.717) is 13.2 Å². The molecule has 6 nitrogen and oxygen atoms in total.